The lowest BCUT2D eigenvalue weighted by Gasteiger charge is -2.36. The normalized spacial score (nSPS) is 14.4. The number of rotatable bonds is 7. The summed E-state index contributed by atoms with van der Waals surface area (Å²) < 4.78 is 10.5. The Morgan fingerprint density at radius 2 is 1.65 bits per heavy atom. The second kappa shape index (κ2) is 10.3. The van der Waals surface area contributed by atoms with Crippen molar-refractivity contribution in [3.8, 4) is 5.75 Å². The van der Waals surface area contributed by atoms with E-state index in [2.05, 4.69) is 22.0 Å². The molecular formula is C24H31N3O4. The van der Waals surface area contributed by atoms with Gasteiger partial charge in [-0.05, 0) is 62.9 Å². The van der Waals surface area contributed by atoms with Gasteiger partial charge in [0.1, 0.15) is 5.75 Å². The fourth-order valence-corrected chi connectivity index (χ4v) is 3.61. The summed E-state index contributed by atoms with van der Waals surface area (Å²) in [6, 6.07) is 12.3. The molecule has 1 amide bonds. The summed E-state index contributed by atoms with van der Waals surface area (Å²) >= 11 is 0. The number of amides is 1. The van der Waals surface area contributed by atoms with E-state index in [0.717, 1.165) is 38.4 Å². The number of piperazine rings is 1. The molecule has 166 valence electrons. The predicted octanol–water partition coefficient (Wildman–Crippen LogP) is 3.65. The largest absolute Gasteiger partial charge is 0.491 e. The molecular weight excluding hydrogens is 394 g/mol. The van der Waals surface area contributed by atoms with Gasteiger partial charge in [-0.25, -0.2) is 4.79 Å². The van der Waals surface area contributed by atoms with Crippen LogP contribution in [0.2, 0.25) is 0 Å². The number of carbonyl (C=O) groups excluding carboxylic acids is 2. The molecule has 2 aromatic carbocycles. The van der Waals surface area contributed by atoms with Crippen molar-refractivity contribution < 1.29 is 19.1 Å². The van der Waals surface area contributed by atoms with Crippen LogP contribution in [0.1, 0.15) is 41.5 Å². The van der Waals surface area contributed by atoms with E-state index in [1.807, 2.05) is 19.9 Å². The number of nitrogens with zero attached hydrogens (tertiary/aromatic N) is 2. The van der Waals surface area contributed by atoms with Crippen LogP contribution in [0.5, 0.6) is 5.75 Å². The molecule has 0 unspecified atom stereocenters. The van der Waals surface area contributed by atoms with E-state index < -0.39 is 5.97 Å². The third-order valence-corrected chi connectivity index (χ3v) is 5.31. The third-order valence-electron chi connectivity index (χ3n) is 5.31. The number of carbonyl (C=O) groups is 2. The van der Waals surface area contributed by atoms with Gasteiger partial charge >= 0.3 is 5.97 Å². The first kappa shape index (κ1) is 22.6. The Morgan fingerprint density at radius 1 is 1.00 bits per heavy atom. The molecule has 1 N–H and O–H groups in total. The standard InChI is InChI=1S/C24H31N3O4/c1-5-26-12-14-27(15-13-26)22-11-8-19(24(29)30-4)16-21(22)25-23(28)18-6-9-20(10-7-18)31-17(2)3/h6-11,16-17H,5,12-15H2,1-4H3,(H,25,28). The molecule has 3 rings (SSSR count). The second-order valence-corrected chi connectivity index (χ2v) is 7.79. The van der Waals surface area contributed by atoms with Crippen molar-refractivity contribution in [1.29, 1.82) is 0 Å². The number of esters is 1. The van der Waals surface area contributed by atoms with E-state index in [-0.39, 0.29) is 12.0 Å². The Kier molecular flexibility index (Phi) is 7.52. The van der Waals surface area contributed by atoms with Gasteiger partial charge in [0.15, 0.2) is 0 Å². The average molecular weight is 426 g/mol. The maximum Gasteiger partial charge on any atom is 0.337 e. The lowest BCUT2D eigenvalue weighted by molar-refractivity contribution is 0.0600. The molecule has 2 aromatic rings. The zero-order valence-electron chi connectivity index (χ0n) is 18.7. The summed E-state index contributed by atoms with van der Waals surface area (Å²) in [6.07, 6.45) is 0.0662. The van der Waals surface area contributed by atoms with Crippen molar-refractivity contribution in [1.82, 2.24) is 4.90 Å². The van der Waals surface area contributed by atoms with E-state index in [1.54, 1.807) is 36.4 Å². The molecule has 31 heavy (non-hydrogen) atoms. The van der Waals surface area contributed by atoms with Gasteiger partial charge < -0.3 is 24.6 Å². The average Bonchev–Trinajstić information content (AvgIpc) is 2.78. The Bertz CT molecular complexity index is 904. The molecule has 0 spiro atoms. The SMILES string of the molecule is CCN1CCN(c2ccc(C(=O)OC)cc2NC(=O)c2ccc(OC(C)C)cc2)CC1. The van der Waals surface area contributed by atoms with Crippen molar-refractivity contribution in [2.45, 2.75) is 26.9 Å². The fourth-order valence-electron chi connectivity index (χ4n) is 3.61. The molecule has 1 aliphatic heterocycles. The fraction of sp³-hybridized carbons (Fsp3) is 0.417. The Hall–Kier alpha value is -3.06. The Balaban J connectivity index is 1.83. The molecule has 0 radical (unpaired) electrons. The molecule has 7 heteroatoms. The van der Waals surface area contributed by atoms with E-state index in [9.17, 15) is 9.59 Å². The number of ether oxygens (including phenoxy) is 2. The van der Waals surface area contributed by atoms with Crippen LogP contribution in [0.4, 0.5) is 11.4 Å². The summed E-state index contributed by atoms with van der Waals surface area (Å²) in [4.78, 5) is 29.6. The number of methoxy groups -OCH3 is 1. The summed E-state index contributed by atoms with van der Waals surface area (Å²) in [7, 11) is 1.35. The molecule has 0 saturated carbocycles. The van der Waals surface area contributed by atoms with E-state index in [0.29, 0.717) is 22.6 Å². The minimum absolute atomic E-state index is 0.0662. The van der Waals surface area contributed by atoms with E-state index >= 15 is 0 Å². The summed E-state index contributed by atoms with van der Waals surface area (Å²) in [5.41, 5.74) is 2.41. The Labute approximate surface area is 183 Å². The number of likely N-dealkylation sites (N-methyl/N-ethyl adjacent to an activating group) is 1. The molecule has 0 atom stereocenters. The summed E-state index contributed by atoms with van der Waals surface area (Å²) in [6.45, 7) is 10.7. The molecule has 1 saturated heterocycles. The molecule has 0 bridgehead atoms. The van der Waals surface area contributed by atoms with Gasteiger partial charge in [-0.3, -0.25) is 4.79 Å². The highest BCUT2D eigenvalue weighted by Crippen LogP contribution is 2.29. The molecule has 7 nitrogen and oxygen atoms in total. The molecule has 1 fully saturated rings. The topological polar surface area (TPSA) is 71.1 Å². The minimum atomic E-state index is -0.437. The van der Waals surface area contributed by atoms with Crippen molar-refractivity contribution in [3.63, 3.8) is 0 Å². The zero-order chi connectivity index (χ0) is 22.4. The highest BCUT2D eigenvalue weighted by molar-refractivity contribution is 6.07. The summed E-state index contributed by atoms with van der Waals surface area (Å²) in [5.74, 6) is 0.0355. The first-order valence-electron chi connectivity index (χ1n) is 10.7. The van der Waals surface area contributed by atoms with E-state index in [4.69, 9.17) is 9.47 Å². The van der Waals surface area contributed by atoms with Crippen molar-refractivity contribution in [2.24, 2.45) is 0 Å². The van der Waals surface area contributed by atoms with Gasteiger partial charge in [0, 0.05) is 31.7 Å². The van der Waals surface area contributed by atoms with Gasteiger partial charge in [0.05, 0.1) is 30.2 Å². The summed E-state index contributed by atoms with van der Waals surface area (Å²) in [5, 5.41) is 2.99. The van der Waals surface area contributed by atoms with Gasteiger partial charge in [0.2, 0.25) is 0 Å². The monoisotopic (exact) mass is 425 g/mol. The Morgan fingerprint density at radius 3 is 2.23 bits per heavy atom. The van der Waals surface area contributed by atoms with Crippen LogP contribution in [0.25, 0.3) is 0 Å². The molecule has 0 aliphatic carbocycles. The van der Waals surface area contributed by atoms with Crippen LogP contribution >= 0.6 is 0 Å². The maximum atomic E-state index is 12.9. The quantitative estimate of drug-likeness (QED) is 0.683. The highest BCUT2D eigenvalue weighted by Gasteiger charge is 2.21. The van der Waals surface area contributed by atoms with Crippen molar-refractivity contribution in [2.75, 3.05) is 50.1 Å². The van der Waals surface area contributed by atoms with Gasteiger partial charge in [0.25, 0.3) is 5.91 Å². The van der Waals surface area contributed by atoms with Crippen LogP contribution in [-0.4, -0.2) is 62.7 Å². The van der Waals surface area contributed by atoms with Crippen LogP contribution in [0.3, 0.4) is 0 Å². The number of benzene rings is 2. The van der Waals surface area contributed by atoms with Gasteiger partial charge in [-0.2, -0.15) is 0 Å². The zero-order valence-corrected chi connectivity index (χ0v) is 18.7. The van der Waals surface area contributed by atoms with Crippen LogP contribution in [0, 0.1) is 0 Å². The first-order valence-corrected chi connectivity index (χ1v) is 10.7. The van der Waals surface area contributed by atoms with E-state index in [1.165, 1.54) is 7.11 Å². The lowest BCUT2D eigenvalue weighted by Crippen LogP contribution is -2.46. The first-order chi connectivity index (χ1) is 14.9. The minimum Gasteiger partial charge on any atom is -0.491 e. The highest BCUT2D eigenvalue weighted by atomic mass is 16.5. The second-order valence-electron chi connectivity index (χ2n) is 7.79. The third kappa shape index (κ3) is 5.76. The smallest absolute Gasteiger partial charge is 0.337 e. The molecule has 0 aromatic heterocycles. The van der Waals surface area contributed by atoms with Crippen LogP contribution in [-0.2, 0) is 4.74 Å². The molecule has 1 heterocycles. The van der Waals surface area contributed by atoms with Gasteiger partial charge in [-0.1, -0.05) is 6.92 Å². The maximum absolute atomic E-state index is 12.9. The number of hydrogen-bond acceptors (Lipinski definition) is 6. The number of nitrogens with one attached hydrogen (secondary N) is 1. The van der Waals surface area contributed by atoms with Crippen molar-refractivity contribution >= 4 is 23.3 Å². The van der Waals surface area contributed by atoms with Crippen LogP contribution < -0.4 is 15.0 Å². The van der Waals surface area contributed by atoms with Crippen LogP contribution in [0.15, 0.2) is 42.5 Å². The van der Waals surface area contributed by atoms with Gasteiger partial charge in [-0.15, -0.1) is 0 Å². The van der Waals surface area contributed by atoms with Crippen molar-refractivity contribution in [3.05, 3.63) is 53.6 Å². The molecule has 1 aliphatic rings. The number of hydrogen-bond donors (Lipinski definition) is 1. The predicted molar refractivity (Wildman–Crippen MR) is 122 cm³/mol. The number of anilines is 2. The lowest BCUT2D eigenvalue weighted by atomic mass is 10.1.